The highest BCUT2D eigenvalue weighted by Crippen LogP contribution is 2.22. The van der Waals surface area contributed by atoms with Gasteiger partial charge in [-0.1, -0.05) is 0 Å². The van der Waals surface area contributed by atoms with Crippen LogP contribution < -0.4 is 15.0 Å². The van der Waals surface area contributed by atoms with E-state index in [1.165, 1.54) is 37.1 Å². The van der Waals surface area contributed by atoms with Crippen LogP contribution in [0.5, 0.6) is 5.75 Å². The molecular weight excluding hydrogens is 310 g/mol. The number of nitro benzene ring substituents is 1. The molecule has 1 N–H and O–H groups in total. The number of nitro groups is 1. The molecule has 0 radical (unpaired) electrons. The van der Waals surface area contributed by atoms with Gasteiger partial charge >= 0.3 is 6.09 Å². The molecule has 0 spiro atoms. The first kappa shape index (κ1) is 15.8. The summed E-state index contributed by atoms with van der Waals surface area (Å²) in [6.07, 6.45) is 1.78. The fraction of sp³-hybridized carbons (Fsp3) is 0.235. The van der Waals surface area contributed by atoms with Gasteiger partial charge < -0.3 is 9.64 Å². The second kappa shape index (κ2) is 6.99. The summed E-state index contributed by atoms with van der Waals surface area (Å²) >= 11 is 0. The average molecular weight is 327 g/mol. The Morgan fingerprint density at radius 1 is 1.04 bits per heavy atom. The number of ether oxygens (including phenoxy) is 1. The van der Waals surface area contributed by atoms with E-state index < -0.39 is 11.0 Å². The van der Waals surface area contributed by atoms with Gasteiger partial charge in [0, 0.05) is 36.6 Å². The number of rotatable bonds is 4. The minimum Gasteiger partial charge on any atom is -0.410 e. The van der Waals surface area contributed by atoms with Crippen molar-refractivity contribution in [2.45, 2.75) is 12.8 Å². The third kappa shape index (κ3) is 3.81. The van der Waals surface area contributed by atoms with Gasteiger partial charge in [-0.2, -0.15) is 0 Å². The second-order valence-electron chi connectivity index (χ2n) is 5.51. The third-order valence-electron chi connectivity index (χ3n) is 3.84. The molecule has 0 saturated carbocycles. The van der Waals surface area contributed by atoms with Gasteiger partial charge in [-0.15, -0.1) is 0 Å². The SMILES string of the molecule is O=C(Nc1ccc(N2CCCC2)cc1)Oc1ccc([N+](=O)[O-])cc1. The molecule has 24 heavy (non-hydrogen) atoms. The quantitative estimate of drug-likeness (QED) is 0.682. The number of hydrogen-bond donors (Lipinski definition) is 1. The number of carbonyl (C=O) groups is 1. The van der Waals surface area contributed by atoms with Crippen molar-refractivity contribution in [3.8, 4) is 5.75 Å². The summed E-state index contributed by atoms with van der Waals surface area (Å²) in [5.41, 5.74) is 1.71. The molecule has 124 valence electrons. The summed E-state index contributed by atoms with van der Waals surface area (Å²) in [5, 5.41) is 13.2. The molecule has 7 nitrogen and oxygen atoms in total. The van der Waals surface area contributed by atoms with Crippen LogP contribution >= 0.6 is 0 Å². The van der Waals surface area contributed by atoms with Crippen LogP contribution in [0.3, 0.4) is 0 Å². The number of amides is 1. The van der Waals surface area contributed by atoms with Gasteiger partial charge in [0.25, 0.3) is 5.69 Å². The molecule has 0 bridgehead atoms. The van der Waals surface area contributed by atoms with E-state index in [-0.39, 0.29) is 11.4 Å². The zero-order valence-electron chi connectivity index (χ0n) is 13.0. The molecule has 0 aliphatic carbocycles. The third-order valence-corrected chi connectivity index (χ3v) is 3.84. The highest BCUT2D eigenvalue weighted by molar-refractivity contribution is 5.86. The zero-order chi connectivity index (χ0) is 16.9. The lowest BCUT2D eigenvalue weighted by atomic mass is 10.2. The first-order valence-corrected chi connectivity index (χ1v) is 7.70. The van der Waals surface area contributed by atoms with Crippen LogP contribution in [0.4, 0.5) is 21.9 Å². The number of non-ortho nitro benzene ring substituents is 1. The van der Waals surface area contributed by atoms with Crippen molar-refractivity contribution in [1.29, 1.82) is 0 Å². The summed E-state index contributed by atoms with van der Waals surface area (Å²) in [6, 6.07) is 12.9. The Morgan fingerprint density at radius 2 is 1.67 bits per heavy atom. The topological polar surface area (TPSA) is 84.7 Å². The predicted molar refractivity (Wildman–Crippen MR) is 90.6 cm³/mol. The van der Waals surface area contributed by atoms with E-state index >= 15 is 0 Å². The Labute approximate surface area is 139 Å². The highest BCUT2D eigenvalue weighted by atomic mass is 16.6. The van der Waals surface area contributed by atoms with Crippen molar-refractivity contribution in [2.24, 2.45) is 0 Å². The van der Waals surface area contributed by atoms with Gasteiger partial charge in [0.05, 0.1) is 4.92 Å². The molecular formula is C17H17N3O4. The Balaban J connectivity index is 1.57. The number of nitrogens with one attached hydrogen (secondary N) is 1. The standard InChI is InChI=1S/C17H17N3O4/c21-17(24-16-9-7-15(8-10-16)20(22)23)18-13-3-5-14(6-4-13)19-11-1-2-12-19/h3-10H,1-2,11-12H2,(H,18,21). The van der Waals surface area contributed by atoms with Crippen molar-refractivity contribution < 1.29 is 14.5 Å². The minimum atomic E-state index is -0.641. The monoisotopic (exact) mass is 327 g/mol. The van der Waals surface area contributed by atoms with E-state index in [1.54, 1.807) is 0 Å². The molecule has 1 fully saturated rings. The largest absolute Gasteiger partial charge is 0.417 e. The molecule has 1 aliphatic rings. The molecule has 1 heterocycles. The summed E-state index contributed by atoms with van der Waals surface area (Å²) < 4.78 is 5.10. The molecule has 0 unspecified atom stereocenters. The van der Waals surface area contributed by atoms with Gasteiger partial charge in [-0.25, -0.2) is 4.79 Å². The Hall–Kier alpha value is -3.09. The van der Waals surface area contributed by atoms with E-state index in [0.29, 0.717) is 5.69 Å². The maximum Gasteiger partial charge on any atom is 0.417 e. The molecule has 0 atom stereocenters. The number of anilines is 2. The minimum absolute atomic E-state index is 0.0553. The fourth-order valence-electron chi connectivity index (χ4n) is 2.62. The van der Waals surface area contributed by atoms with Gasteiger partial charge in [0.2, 0.25) is 0 Å². The van der Waals surface area contributed by atoms with Crippen molar-refractivity contribution in [1.82, 2.24) is 0 Å². The Morgan fingerprint density at radius 3 is 2.25 bits per heavy atom. The molecule has 7 heteroatoms. The first-order valence-electron chi connectivity index (χ1n) is 7.70. The zero-order valence-corrected chi connectivity index (χ0v) is 13.0. The van der Waals surface area contributed by atoms with Crippen LogP contribution in [0, 0.1) is 10.1 Å². The first-order chi connectivity index (χ1) is 11.6. The van der Waals surface area contributed by atoms with Crippen LogP contribution in [-0.2, 0) is 0 Å². The van der Waals surface area contributed by atoms with Crippen LogP contribution in [-0.4, -0.2) is 24.1 Å². The van der Waals surface area contributed by atoms with Crippen LogP contribution in [0.1, 0.15) is 12.8 Å². The van der Waals surface area contributed by atoms with E-state index in [9.17, 15) is 14.9 Å². The van der Waals surface area contributed by atoms with Crippen molar-refractivity contribution in [2.75, 3.05) is 23.3 Å². The van der Waals surface area contributed by atoms with Gasteiger partial charge in [0.15, 0.2) is 0 Å². The van der Waals surface area contributed by atoms with E-state index in [0.717, 1.165) is 18.8 Å². The Bertz CT molecular complexity index is 723. The van der Waals surface area contributed by atoms with Crippen LogP contribution in [0.25, 0.3) is 0 Å². The van der Waals surface area contributed by atoms with Gasteiger partial charge in [-0.3, -0.25) is 15.4 Å². The van der Waals surface area contributed by atoms with Crippen LogP contribution in [0.2, 0.25) is 0 Å². The molecule has 2 aromatic rings. The lowest BCUT2D eigenvalue weighted by molar-refractivity contribution is -0.384. The summed E-state index contributed by atoms with van der Waals surface area (Å²) in [5.74, 6) is 0.242. The van der Waals surface area contributed by atoms with Crippen molar-refractivity contribution in [3.63, 3.8) is 0 Å². The van der Waals surface area contributed by atoms with E-state index in [4.69, 9.17) is 4.74 Å². The van der Waals surface area contributed by atoms with E-state index in [1.807, 2.05) is 24.3 Å². The van der Waals surface area contributed by atoms with Gasteiger partial charge in [-0.05, 0) is 49.2 Å². The summed E-state index contributed by atoms with van der Waals surface area (Å²) in [7, 11) is 0. The van der Waals surface area contributed by atoms with Crippen molar-refractivity contribution >= 4 is 23.2 Å². The predicted octanol–water partition coefficient (Wildman–Crippen LogP) is 3.81. The lowest BCUT2D eigenvalue weighted by Gasteiger charge is -2.17. The number of hydrogen-bond acceptors (Lipinski definition) is 5. The molecule has 2 aromatic carbocycles. The molecule has 0 aromatic heterocycles. The van der Waals surface area contributed by atoms with Gasteiger partial charge in [0.1, 0.15) is 5.75 Å². The summed E-state index contributed by atoms with van der Waals surface area (Å²) in [4.78, 5) is 24.2. The summed E-state index contributed by atoms with van der Waals surface area (Å²) in [6.45, 7) is 2.13. The molecule has 3 rings (SSSR count). The smallest absolute Gasteiger partial charge is 0.410 e. The van der Waals surface area contributed by atoms with Crippen LogP contribution in [0.15, 0.2) is 48.5 Å². The second-order valence-corrected chi connectivity index (χ2v) is 5.51. The van der Waals surface area contributed by atoms with Crippen molar-refractivity contribution in [3.05, 3.63) is 58.6 Å². The normalized spacial score (nSPS) is 13.6. The number of nitrogens with zero attached hydrogens (tertiary/aromatic N) is 2. The number of benzene rings is 2. The molecule has 1 amide bonds. The maximum atomic E-state index is 11.9. The number of carbonyl (C=O) groups excluding carboxylic acids is 1. The van der Waals surface area contributed by atoms with E-state index in [2.05, 4.69) is 10.2 Å². The molecule has 1 saturated heterocycles. The highest BCUT2D eigenvalue weighted by Gasteiger charge is 2.12. The lowest BCUT2D eigenvalue weighted by Crippen LogP contribution is -2.18. The maximum absolute atomic E-state index is 11.9. The molecule has 1 aliphatic heterocycles. The fourth-order valence-corrected chi connectivity index (χ4v) is 2.62. The average Bonchev–Trinajstić information content (AvgIpc) is 3.10. The Kier molecular flexibility index (Phi) is 4.60.